The number of primary amides is 1. The second-order valence-electron chi connectivity index (χ2n) is 8.99. The van der Waals surface area contributed by atoms with E-state index in [1.54, 1.807) is 24.5 Å². The van der Waals surface area contributed by atoms with E-state index in [1.807, 2.05) is 13.8 Å². The molecule has 0 atom stereocenters. The molecule has 2 fully saturated rings. The number of carbonyl (C=O) groups is 1. The standard InChI is InChI=1S/C24H30FN5O5/c1-24(2)33-12-16(13-34-24)14-35-29-19-6-8-30(9-7-19)23-27-10-18(11-28-23)20-5-3-4-17(21(20)25)15-32-22(26)31/h3-5,10-11,16H,6-9,12-15H2,1-2H3,(H2,26,31). The topological polar surface area (TPSA) is 121 Å². The van der Waals surface area contributed by atoms with Crippen molar-refractivity contribution in [3.05, 3.63) is 42.0 Å². The quantitative estimate of drug-likeness (QED) is 0.591. The van der Waals surface area contributed by atoms with E-state index < -0.39 is 17.7 Å². The summed E-state index contributed by atoms with van der Waals surface area (Å²) < 4.78 is 30.8. The maximum absolute atomic E-state index is 14.8. The molecule has 0 spiro atoms. The maximum Gasteiger partial charge on any atom is 0.404 e. The first-order chi connectivity index (χ1) is 16.8. The molecule has 35 heavy (non-hydrogen) atoms. The number of amides is 1. The van der Waals surface area contributed by atoms with Crippen molar-refractivity contribution in [1.29, 1.82) is 0 Å². The molecule has 1 aromatic carbocycles. The summed E-state index contributed by atoms with van der Waals surface area (Å²) in [6.07, 6.45) is 3.70. The Hall–Kier alpha value is -3.31. The molecular weight excluding hydrogens is 457 g/mol. The van der Waals surface area contributed by atoms with Gasteiger partial charge in [0.2, 0.25) is 5.95 Å². The zero-order chi connectivity index (χ0) is 24.8. The first-order valence-electron chi connectivity index (χ1n) is 11.5. The summed E-state index contributed by atoms with van der Waals surface area (Å²) in [6, 6.07) is 4.83. The van der Waals surface area contributed by atoms with Crippen LogP contribution in [0.1, 0.15) is 32.3 Å². The number of aromatic nitrogens is 2. The van der Waals surface area contributed by atoms with E-state index in [1.165, 1.54) is 6.07 Å². The van der Waals surface area contributed by atoms with Gasteiger partial charge in [-0.05, 0) is 13.8 Å². The van der Waals surface area contributed by atoms with Crippen LogP contribution in [-0.4, -0.2) is 60.5 Å². The summed E-state index contributed by atoms with van der Waals surface area (Å²) in [5.41, 5.74) is 7.04. The molecule has 2 aliphatic heterocycles. The fraction of sp³-hybridized carbons (Fsp3) is 0.500. The molecule has 2 saturated heterocycles. The van der Waals surface area contributed by atoms with Crippen molar-refractivity contribution < 1.29 is 28.2 Å². The molecular formula is C24H30FN5O5. The minimum Gasteiger partial charge on any atom is -0.445 e. The molecule has 2 aromatic rings. The third-order valence-electron chi connectivity index (χ3n) is 5.86. The predicted molar refractivity (Wildman–Crippen MR) is 126 cm³/mol. The summed E-state index contributed by atoms with van der Waals surface area (Å²) in [5, 5.41) is 4.30. The van der Waals surface area contributed by atoms with E-state index in [0.717, 1.165) is 18.6 Å². The van der Waals surface area contributed by atoms with E-state index in [9.17, 15) is 9.18 Å². The van der Waals surface area contributed by atoms with Gasteiger partial charge in [0.05, 0.1) is 18.9 Å². The van der Waals surface area contributed by atoms with Gasteiger partial charge in [-0.1, -0.05) is 23.4 Å². The van der Waals surface area contributed by atoms with Crippen molar-refractivity contribution in [2.45, 2.75) is 39.1 Å². The van der Waals surface area contributed by atoms with Crippen LogP contribution in [0.15, 0.2) is 35.7 Å². The van der Waals surface area contributed by atoms with Crippen molar-refractivity contribution in [2.75, 3.05) is 37.8 Å². The van der Waals surface area contributed by atoms with Gasteiger partial charge in [-0.15, -0.1) is 0 Å². The number of halogens is 1. The van der Waals surface area contributed by atoms with Crippen molar-refractivity contribution >= 4 is 17.8 Å². The largest absolute Gasteiger partial charge is 0.445 e. The second kappa shape index (κ2) is 11.0. The minimum absolute atomic E-state index is 0.167. The van der Waals surface area contributed by atoms with Crippen molar-refractivity contribution in [2.24, 2.45) is 16.8 Å². The van der Waals surface area contributed by atoms with Crippen molar-refractivity contribution in [3.8, 4) is 11.1 Å². The molecule has 0 bridgehead atoms. The Morgan fingerprint density at radius 2 is 1.91 bits per heavy atom. The highest BCUT2D eigenvalue weighted by Gasteiger charge is 2.28. The number of carbonyl (C=O) groups excluding carboxylic acids is 1. The van der Waals surface area contributed by atoms with Gasteiger partial charge in [0.1, 0.15) is 19.0 Å². The molecule has 1 aromatic heterocycles. The average Bonchev–Trinajstić information content (AvgIpc) is 2.85. The number of benzene rings is 1. The van der Waals surface area contributed by atoms with Gasteiger partial charge in [-0.3, -0.25) is 0 Å². The van der Waals surface area contributed by atoms with Crippen LogP contribution in [0.5, 0.6) is 0 Å². The summed E-state index contributed by atoms with van der Waals surface area (Å²) in [6.45, 7) is 6.61. The number of nitrogens with two attached hydrogens (primary N) is 1. The van der Waals surface area contributed by atoms with Gasteiger partial charge in [0, 0.05) is 60.9 Å². The van der Waals surface area contributed by atoms with Crippen LogP contribution < -0.4 is 10.6 Å². The number of hydrogen-bond acceptors (Lipinski definition) is 9. The number of anilines is 1. The number of piperidine rings is 1. The first-order valence-corrected chi connectivity index (χ1v) is 11.5. The SMILES string of the molecule is CC1(C)OCC(CON=C2CCN(c3ncc(-c4cccc(COC(N)=O)c4F)cn3)CC2)CO1. The van der Waals surface area contributed by atoms with Crippen LogP contribution in [0.2, 0.25) is 0 Å². The zero-order valence-electron chi connectivity index (χ0n) is 19.9. The molecule has 1 amide bonds. The van der Waals surface area contributed by atoms with Crippen LogP contribution in [0.4, 0.5) is 15.1 Å². The van der Waals surface area contributed by atoms with Crippen LogP contribution in [-0.2, 0) is 25.7 Å². The average molecular weight is 488 g/mol. The molecule has 2 aliphatic rings. The first kappa shape index (κ1) is 24.8. The Labute approximate surface area is 203 Å². The molecule has 2 N–H and O–H groups in total. The highest BCUT2D eigenvalue weighted by atomic mass is 19.1. The molecule has 3 heterocycles. The van der Waals surface area contributed by atoms with Crippen LogP contribution in [0.25, 0.3) is 11.1 Å². The molecule has 10 nitrogen and oxygen atoms in total. The number of oxime groups is 1. The monoisotopic (exact) mass is 487 g/mol. The molecule has 11 heteroatoms. The lowest BCUT2D eigenvalue weighted by Crippen LogP contribution is -2.40. The van der Waals surface area contributed by atoms with E-state index in [2.05, 4.69) is 20.0 Å². The summed E-state index contributed by atoms with van der Waals surface area (Å²) in [5.74, 6) is -0.296. The Bertz CT molecular complexity index is 1040. The van der Waals surface area contributed by atoms with Gasteiger partial charge in [0.25, 0.3) is 0 Å². The summed E-state index contributed by atoms with van der Waals surface area (Å²) >= 11 is 0. The normalized spacial score (nSPS) is 18.3. The van der Waals surface area contributed by atoms with Gasteiger partial charge in [-0.25, -0.2) is 19.2 Å². The van der Waals surface area contributed by atoms with E-state index in [-0.39, 0.29) is 18.1 Å². The lowest BCUT2D eigenvalue weighted by atomic mass is 10.1. The number of ether oxygens (including phenoxy) is 3. The Balaban J connectivity index is 1.28. The second-order valence-corrected chi connectivity index (χ2v) is 8.99. The van der Waals surface area contributed by atoms with Crippen molar-refractivity contribution in [1.82, 2.24) is 9.97 Å². The highest BCUT2D eigenvalue weighted by molar-refractivity contribution is 5.86. The maximum atomic E-state index is 14.8. The third kappa shape index (κ3) is 6.64. The third-order valence-corrected chi connectivity index (χ3v) is 5.86. The molecule has 0 radical (unpaired) electrons. The van der Waals surface area contributed by atoms with Crippen molar-refractivity contribution in [3.63, 3.8) is 0 Å². The van der Waals surface area contributed by atoms with Crippen LogP contribution >= 0.6 is 0 Å². The lowest BCUT2D eigenvalue weighted by Gasteiger charge is -2.34. The number of rotatable bonds is 7. The Morgan fingerprint density at radius 1 is 1.23 bits per heavy atom. The zero-order valence-corrected chi connectivity index (χ0v) is 19.9. The molecule has 4 rings (SSSR count). The summed E-state index contributed by atoms with van der Waals surface area (Å²) in [7, 11) is 0. The van der Waals surface area contributed by atoms with Gasteiger partial charge < -0.3 is 29.7 Å². The predicted octanol–water partition coefficient (Wildman–Crippen LogP) is 3.25. The summed E-state index contributed by atoms with van der Waals surface area (Å²) in [4.78, 5) is 27.3. The van der Waals surface area contributed by atoms with Crippen LogP contribution in [0.3, 0.4) is 0 Å². The lowest BCUT2D eigenvalue weighted by molar-refractivity contribution is -0.266. The molecule has 0 saturated carbocycles. The van der Waals surface area contributed by atoms with E-state index in [4.69, 9.17) is 24.8 Å². The van der Waals surface area contributed by atoms with E-state index >= 15 is 0 Å². The Morgan fingerprint density at radius 3 is 2.57 bits per heavy atom. The molecule has 0 aliphatic carbocycles. The van der Waals surface area contributed by atoms with Gasteiger partial charge in [0.15, 0.2) is 5.79 Å². The molecule has 0 unspecified atom stereocenters. The minimum atomic E-state index is -0.957. The molecule has 188 valence electrons. The van der Waals surface area contributed by atoms with Crippen LogP contribution in [0, 0.1) is 11.7 Å². The van der Waals surface area contributed by atoms with Gasteiger partial charge >= 0.3 is 6.09 Å². The smallest absolute Gasteiger partial charge is 0.404 e. The Kier molecular flexibility index (Phi) is 7.76. The number of nitrogens with zero attached hydrogens (tertiary/aromatic N) is 4. The fourth-order valence-electron chi connectivity index (χ4n) is 3.80. The fourth-order valence-corrected chi connectivity index (χ4v) is 3.80. The van der Waals surface area contributed by atoms with Gasteiger partial charge in [-0.2, -0.15) is 0 Å². The number of hydrogen-bond donors (Lipinski definition) is 1. The van der Waals surface area contributed by atoms with E-state index in [0.29, 0.717) is 50.0 Å². The highest BCUT2D eigenvalue weighted by Crippen LogP contribution is 2.26.